The Balaban J connectivity index is 0.000000217. The van der Waals surface area contributed by atoms with E-state index in [0.717, 1.165) is 84.9 Å². The molecule has 6 aromatic carbocycles. The van der Waals surface area contributed by atoms with Gasteiger partial charge in [-0.1, -0.05) is 29.8 Å². The van der Waals surface area contributed by atoms with Crippen LogP contribution in [0.2, 0.25) is 5.15 Å². The number of esters is 3. The highest BCUT2D eigenvalue weighted by molar-refractivity contribution is 6.29. The molecule has 0 saturated carbocycles. The van der Waals surface area contributed by atoms with Gasteiger partial charge in [-0.2, -0.15) is 0 Å². The van der Waals surface area contributed by atoms with Crippen LogP contribution in [0.1, 0.15) is 93.4 Å². The third kappa shape index (κ3) is 21.2. The fraction of sp³-hybridized carbons (Fsp3) is 0.200. The number of nitrogens with one attached hydrogen (secondary N) is 2. The molecule has 2 N–H and O–H groups in total. The second kappa shape index (κ2) is 34.3. The highest BCUT2D eigenvalue weighted by atomic mass is 35.5. The zero-order valence-electron chi connectivity index (χ0n) is 53.8. The third-order valence-corrected chi connectivity index (χ3v) is 12.7. The molecule has 0 atom stereocenters. The molecule has 520 valence electrons. The zero-order chi connectivity index (χ0) is 73.2. The minimum Gasteiger partial charge on any atom is -0.462 e. The molecule has 0 aliphatic rings. The lowest BCUT2D eigenvalue weighted by atomic mass is 10.0. The smallest absolute Gasteiger partial charge is 0.420 e. The number of hydrogen-bond donors (Lipinski definition) is 2. The van der Waals surface area contributed by atoms with Crippen LogP contribution in [-0.4, -0.2) is 76.1 Å². The number of hydrogen-bond acceptors (Lipinski definition) is 14. The fourth-order valence-corrected chi connectivity index (χ4v) is 8.54. The van der Waals surface area contributed by atoms with Crippen LogP contribution in [0.15, 0.2) is 146 Å². The number of carbonyl (C=O) groups excluding carboxylic acids is 5. The van der Waals surface area contributed by atoms with Crippen molar-refractivity contribution in [2.45, 2.75) is 73.5 Å². The molecule has 2 amide bonds. The summed E-state index contributed by atoms with van der Waals surface area (Å²) in [4.78, 5) is 73.6. The van der Waals surface area contributed by atoms with E-state index >= 15 is 0 Å². The average Bonchev–Trinajstić information content (AvgIpc) is 0.758. The van der Waals surface area contributed by atoms with E-state index < -0.39 is 128 Å². The van der Waals surface area contributed by atoms with Gasteiger partial charge in [0.05, 0.1) is 53.6 Å². The summed E-state index contributed by atoms with van der Waals surface area (Å²) in [6.07, 6.45) is -2.07. The molecule has 0 saturated heterocycles. The number of anilines is 5. The Labute approximate surface area is 563 Å². The molecule has 29 heteroatoms. The molecule has 3 aromatic heterocycles. The summed E-state index contributed by atoms with van der Waals surface area (Å²) >= 11 is 5.77. The highest BCUT2D eigenvalue weighted by Gasteiger charge is 2.33. The number of carbonyl (C=O) groups is 5. The van der Waals surface area contributed by atoms with Crippen LogP contribution in [0.5, 0.6) is 0 Å². The lowest BCUT2D eigenvalue weighted by Gasteiger charge is -2.27. The van der Waals surface area contributed by atoms with E-state index in [2.05, 4.69) is 20.3 Å². The standard InChI is InChI=1S/C25H22F4N2O4.C20H14F4N2O2.C14H10ClF2NO2.C11H13F2NO2/c1-5-34-23(32)16-11-12-20(30-21(16)15-10-9-14(26)13-19(15)29)31(24(33)35-25(2,3)4)22-17(27)7-6-8-18(22)28;1-2-28-20(27)13-8-9-17(26-19-14(22)4-3-5-15(19)23)25-18(13)12-7-6-11(21)10-16(12)24;1-2-20-14(19)10-5-6-12(15)18-13(10)9-4-3-8(16)7-11(9)17;1-11(2,3)16-10(15)14-9-7(12)5-4-6-8(9)13/h6-13H,5H2,1-4H3;3-10H,2H2,1H3,(H,25,26);3-7H,2H2,1H3;4-6H,1-3H3,(H,14,15). The first kappa shape index (κ1) is 77.0. The molecule has 0 fully saturated rings. The van der Waals surface area contributed by atoms with Gasteiger partial charge in [0.2, 0.25) is 0 Å². The summed E-state index contributed by atoms with van der Waals surface area (Å²) in [7, 11) is 0. The molecule has 0 spiro atoms. The number of amides is 2. The minimum atomic E-state index is -1.18. The summed E-state index contributed by atoms with van der Waals surface area (Å²) in [5.41, 5.74) is -4.67. The van der Waals surface area contributed by atoms with Gasteiger partial charge in [-0.3, -0.25) is 5.32 Å². The lowest BCUT2D eigenvalue weighted by Crippen LogP contribution is -2.35. The van der Waals surface area contributed by atoms with E-state index in [1.54, 1.807) is 62.3 Å². The van der Waals surface area contributed by atoms with Crippen LogP contribution in [0.25, 0.3) is 33.8 Å². The van der Waals surface area contributed by atoms with Crippen molar-refractivity contribution < 1.29 is 100 Å². The van der Waals surface area contributed by atoms with Crippen molar-refractivity contribution >= 4 is 70.4 Å². The maximum Gasteiger partial charge on any atom is 0.420 e. The van der Waals surface area contributed by atoms with Gasteiger partial charge in [-0.25, -0.2) is 96.5 Å². The molecule has 0 unspecified atom stereocenters. The van der Waals surface area contributed by atoms with Crippen molar-refractivity contribution in [1.82, 2.24) is 15.0 Å². The number of halogens is 13. The molecule has 9 rings (SSSR count). The number of aromatic nitrogens is 3. The second-order valence-electron chi connectivity index (χ2n) is 22.1. The van der Waals surface area contributed by atoms with Crippen molar-refractivity contribution in [1.29, 1.82) is 0 Å². The van der Waals surface area contributed by atoms with Crippen molar-refractivity contribution in [2.24, 2.45) is 0 Å². The van der Waals surface area contributed by atoms with Crippen molar-refractivity contribution in [3.8, 4) is 33.8 Å². The molecule has 0 aliphatic carbocycles. The van der Waals surface area contributed by atoms with Crippen LogP contribution in [0.3, 0.4) is 0 Å². The monoisotopic (exact) mass is 1410 g/mol. The molecular formula is C70H59ClF12N6O10. The Bertz CT molecular complexity index is 4380. The Morgan fingerprint density at radius 2 is 0.788 bits per heavy atom. The Morgan fingerprint density at radius 1 is 0.424 bits per heavy atom. The number of benzene rings is 6. The van der Waals surface area contributed by atoms with Crippen LogP contribution in [-0.2, 0) is 23.7 Å². The maximum absolute atomic E-state index is 14.7. The van der Waals surface area contributed by atoms with E-state index in [9.17, 15) is 76.7 Å². The summed E-state index contributed by atoms with van der Waals surface area (Å²) in [6, 6.07) is 25.6. The molecule has 3 heterocycles. The van der Waals surface area contributed by atoms with E-state index in [1.807, 2.05) is 5.32 Å². The lowest BCUT2D eigenvalue weighted by molar-refractivity contribution is 0.0517. The predicted molar refractivity (Wildman–Crippen MR) is 342 cm³/mol. The van der Waals surface area contributed by atoms with E-state index in [1.165, 1.54) is 42.5 Å². The molecule has 9 aromatic rings. The molecule has 0 radical (unpaired) electrons. The highest BCUT2D eigenvalue weighted by Crippen LogP contribution is 2.36. The quantitative estimate of drug-likeness (QED) is 0.0451. The average molecular weight is 1410 g/mol. The van der Waals surface area contributed by atoms with Crippen molar-refractivity contribution in [2.75, 3.05) is 35.4 Å². The Hall–Kier alpha value is -11.0. The number of nitrogens with zero attached hydrogens (tertiary/aromatic N) is 4. The predicted octanol–water partition coefficient (Wildman–Crippen LogP) is 18.9. The number of ether oxygens (including phenoxy) is 5. The van der Waals surface area contributed by atoms with Gasteiger partial charge in [0.15, 0.2) is 0 Å². The van der Waals surface area contributed by atoms with Crippen LogP contribution in [0.4, 0.5) is 91.0 Å². The topological polar surface area (TPSA) is 197 Å². The number of rotatable bonds is 14. The Morgan fingerprint density at radius 3 is 1.18 bits per heavy atom. The first-order valence-corrected chi connectivity index (χ1v) is 29.7. The SMILES string of the molecule is CC(C)(C)OC(=O)Nc1c(F)cccc1F.CCOC(=O)c1ccc(Cl)nc1-c1ccc(F)cc1F.CCOC(=O)c1ccc(N(C(=O)OC(C)(C)C)c2c(F)cccc2F)nc1-c1ccc(F)cc1F.CCOC(=O)c1ccc(Nc2c(F)cccc2F)nc1-c1ccc(F)cc1F. The molecule has 0 aliphatic heterocycles. The van der Waals surface area contributed by atoms with Gasteiger partial charge in [0.1, 0.15) is 115 Å². The second-order valence-corrected chi connectivity index (χ2v) is 22.4. The largest absolute Gasteiger partial charge is 0.462 e. The van der Waals surface area contributed by atoms with Gasteiger partial charge in [0, 0.05) is 34.9 Å². The van der Waals surface area contributed by atoms with E-state index in [-0.39, 0.29) is 87.1 Å². The summed E-state index contributed by atoms with van der Waals surface area (Å²) in [6.45, 7) is 14.7. The molecular weight excluding hydrogens is 1350 g/mol. The van der Waals surface area contributed by atoms with Gasteiger partial charge in [-0.05, 0) is 172 Å². The van der Waals surface area contributed by atoms with Crippen LogP contribution >= 0.6 is 11.6 Å². The third-order valence-electron chi connectivity index (χ3n) is 12.5. The van der Waals surface area contributed by atoms with Gasteiger partial charge >= 0.3 is 30.1 Å². The normalized spacial score (nSPS) is 10.8. The zero-order valence-corrected chi connectivity index (χ0v) is 54.5. The summed E-state index contributed by atoms with van der Waals surface area (Å²) in [5.74, 6) is -13.5. The van der Waals surface area contributed by atoms with Crippen molar-refractivity contribution in [3.05, 3.63) is 237 Å². The minimum absolute atomic E-state index is 0.00358. The van der Waals surface area contributed by atoms with E-state index in [0.29, 0.717) is 23.1 Å². The number of pyridine rings is 3. The molecule has 0 bridgehead atoms. The first-order chi connectivity index (χ1) is 46.6. The van der Waals surface area contributed by atoms with Gasteiger partial charge in [0.25, 0.3) is 0 Å². The fourth-order valence-electron chi connectivity index (χ4n) is 8.40. The van der Waals surface area contributed by atoms with Gasteiger partial charge < -0.3 is 29.0 Å². The summed E-state index contributed by atoms with van der Waals surface area (Å²) in [5, 5.41) is 4.59. The molecule has 99 heavy (non-hydrogen) atoms. The van der Waals surface area contributed by atoms with E-state index in [4.69, 9.17) is 35.3 Å². The van der Waals surface area contributed by atoms with Crippen LogP contribution < -0.4 is 15.5 Å². The summed E-state index contributed by atoms with van der Waals surface area (Å²) < 4.78 is 191. The number of para-hydroxylation sites is 3. The first-order valence-electron chi connectivity index (χ1n) is 29.3. The van der Waals surface area contributed by atoms with Crippen molar-refractivity contribution in [3.63, 3.8) is 0 Å². The molecule has 16 nitrogen and oxygen atoms in total. The van der Waals surface area contributed by atoms with Gasteiger partial charge in [-0.15, -0.1) is 0 Å². The van der Waals surface area contributed by atoms with Crippen LogP contribution in [0, 0.1) is 69.8 Å². The Kier molecular flexibility index (Phi) is 26.6. The maximum atomic E-state index is 14.7.